The molecule has 1 aromatic carbocycles. The summed E-state index contributed by atoms with van der Waals surface area (Å²) in [7, 11) is 0. The Morgan fingerprint density at radius 2 is 1.89 bits per heavy atom. The number of ether oxygens (including phenoxy) is 1. The molecule has 182 valence electrons. The Bertz CT molecular complexity index is 1220. The van der Waals surface area contributed by atoms with Gasteiger partial charge >= 0.3 is 0 Å². The third-order valence-corrected chi connectivity index (χ3v) is 7.61. The average molecular weight is 512 g/mol. The molecule has 0 spiro atoms. The van der Waals surface area contributed by atoms with Gasteiger partial charge in [0.05, 0.1) is 5.56 Å². The Morgan fingerprint density at radius 1 is 1.14 bits per heavy atom. The van der Waals surface area contributed by atoms with Gasteiger partial charge in [0.2, 0.25) is 5.91 Å². The van der Waals surface area contributed by atoms with Gasteiger partial charge in [-0.2, -0.15) is 0 Å². The van der Waals surface area contributed by atoms with E-state index in [1.54, 1.807) is 42.7 Å². The molecule has 2 fully saturated rings. The van der Waals surface area contributed by atoms with Crippen molar-refractivity contribution in [3.63, 3.8) is 0 Å². The number of piperidine rings is 1. The zero-order valence-electron chi connectivity index (χ0n) is 19.4. The first-order valence-corrected chi connectivity index (χ1v) is 12.9. The summed E-state index contributed by atoms with van der Waals surface area (Å²) < 4.78 is 6.39. The first-order valence-electron chi connectivity index (χ1n) is 11.7. The van der Waals surface area contributed by atoms with E-state index in [0.29, 0.717) is 36.3 Å². The number of benzene rings is 1. The highest BCUT2D eigenvalue weighted by atomic mass is 35.5. The molecule has 1 saturated carbocycles. The molecule has 3 heterocycles. The predicted molar refractivity (Wildman–Crippen MR) is 134 cm³/mol. The van der Waals surface area contributed by atoms with E-state index in [1.807, 2.05) is 17.0 Å². The maximum atomic E-state index is 12.9. The first-order chi connectivity index (χ1) is 17.0. The van der Waals surface area contributed by atoms with Crippen LogP contribution in [0.3, 0.4) is 0 Å². The second kappa shape index (κ2) is 10.3. The molecule has 1 aliphatic heterocycles. The summed E-state index contributed by atoms with van der Waals surface area (Å²) in [6, 6.07) is 9.00. The molecule has 2 amide bonds. The maximum absolute atomic E-state index is 12.9. The molecule has 1 saturated heterocycles. The number of amides is 2. The van der Waals surface area contributed by atoms with Crippen LogP contribution in [-0.4, -0.2) is 51.1 Å². The van der Waals surface area contributed by atoms with E-state index in [4.69, 9.17) is 16.3 Å². The monoisotopic (exact) mass is 511 g/mol. The maximum Gasteiger partial charge on any atom is 0.270 e. The number of carbonyl (C=O) groups excluding carboxylic acids is 2. The number of nitrogens with zero attached hydrogens (tertiary/aromatic N) is 4. The third kappa shape index (κ3) is 5.79. The first kappa shape index (κ1) is 23.7. The largest absolute Gasteiger partial charge is 0.489 e. The number of nitrogens with one attached hydrogen (secondary N) is 1. The van der Waals surface area contributed by atoms with Crippen molar-refractivity contribution in [1.29, 1.82) is 0 Å². The lowest BCUT2D eigenvalue weighted by molar-refractivity contribution is -0.130. The van der Waals surface area contributed by atoms with Crippen LogP contribution < -0.4 is 10.1 Å². The molecular formula is C25H26ClN5O3S. The van der Waals surface area contributed by atoms with Crippen molar-refractivity contribution in [1.82, 2.24) is 25.4 Å². The van der Waals surface area contributed by atoms with E-state index < -0.39 is 0 Å². The molecule has 1 aliphatic carbocycles. The standard InChI is InChI=1S/C25H26ClN5O3S/c1-15(32)31-10-8-19(9-11-31)34-22-12-21(23(33)28-13-16-2-6-18(26)7-3-16)27-14-20(22)25-30-29-24(35-25)17-4-5-17/h2-3,6-7,12,14,17,19H,4-5,8-11,13H2,1H3,(H,28,33). The van der Waals surface area contributed by atoms with Crippen molar-refractivity contribution in [2.45, 2.75) is 51.2 Å². The van der Waals surface area contributed by atoms with Crippen molar-refractivity contribution in [2.75, 3.05) is 13.1 Å². The van der Waals surface area contributed by atoms with Gasteiger partial charge in [0, 0.05) is 62.6 Å². The molecule has 3 aromatic rings. The van der Waals surface area contributed by atoms with Crippen LogP contribution in [0.25, 0.3) is 10.6 Å². The van der Waals surface area contributed by atoms with E-state index >= 15 is 0 Å². The number of halogens is 1. The van der Waals surface area contributed by atoms with Crippen molar-refractivity contribution in [3.05, 3.63) is 57.8 Å². The minimum absolute atomic E-state index is 0.0625. The Hall–Kier alpha value is -3.04. The topological polar surface area (TPSA) is 97.3 Å². The highest BCUT2D eigenvalue weighted by molar-refractivity contribution is 7.14. The molecule has 2 aliphatic rings. The summed E-state index contributed by atoms with van der Waals surface area (Å²) in [5.74, 6) is 0.858. The molecule has 10 heteroatoms. The summed E-state index contributed by atoms with van der Waals surface area (Å²) in [6.07, 6.45) is 5.34. The van der Waals surface area contributed by atoms with E-state index in [0.717, 1.165) is 46.8 Å². The zero-order valence-corrected chi connectivity index (χ0v) is 20.9. The van der Waals surface area contributed by atoms with E-state index in [1.165, 1.54) is 0 Å². The fraction of sp³-hybridized carbons (Fsp3) is 0.400. The van der Waals surface area contributed by atoms with Gasteiger partial charge in [0.25, 0.3) is 5.91 Å². The molecule has 35 heavy (non-hydrogen) atoms. The van der Waals surface area contributed by atoms with Gasteiger partial charge in [-0.25, -0.2) is 0 Å². The lowest BCUT2D eigenvalue weighted by Crippen LogP contribution is -2.40. The molecule has 5 rings (SSSR count). The minimum atomic E-state index is -0.293. The van der Waals surface area contributed by atoms with E-state index in [-0.39, 0.29) is 23.6 Å². The second-order valence-electron chi connectivity index (χ2n) is 8.92. The van der Waals surface area contributed by atoms with E-state index in [2.05, 4.69) is 20.5 Å². The highest BCUT2D eigenvalue weighted by Crippen LogP contribution is 2.44. The molecule has 0 unspecified atom stereocenters. The lowest BCUT2D eigenvalue weighted by atomic mass is 10.1. The van der Waals surface area contributed by atoms with Gasteiger partial charge in [-0.05, 0) is 30.5 Å². The number of carbonyl (C=O) groups is 2. The van der Waals surface area contributed by atoms with Crippen molar-refractivity contribution in [2.24, 2.45) is 0 Å². The number of pyridine rings is 1. The van der Waals surface area contributed by atoms with Gasteiger partial charge < -0.3 is 15.0 Å². The van der Waals surface area contributed by atoms with E-state index in [9.17, 15) is 9.59 Å². The molecule has 0 radical (unpaired) electrons. The summed E-state index contributed by atoms with van der Waals surface area (Å²) in [6.45, 7) is 3.25. The molecule has 2 aromatic heterocycles. The van der Waals surface area contributed by atoms with Crippen LogP contribution in [0.4, 0.5) is 0 Å². The Balaban J connectivity index is 1.35. The SMILES string of the molecule is CC(=O)N1CCC(Oc2cc(C(=O)NCc3ccc(Cl)cc3)ncc2-c2nnc(C3CC3)s2)CC1. The summed E-state index contributed by atoms with van der Waals surface area (Å²) in [5, 5.41) is 14.1. The second-order valence-corrected chi connectivity index (χ2v) is 10.4. The molecule has 1 N–H and O–H groups in total. The predicted octanol–water partition coefficient (Wildman–Crippen LogP) is 4.45. The van der Waals surface area contributed by atoms with Crippen LogP contribution in [0.5, 0.6) is 5.75 Å². The van der Waals surface area contributed by atoms with Crippen LogP contribution in [0.1, 0.15) is 59.6 Å². The Labute approximate surface area is 212 Å². The fourth-order valence-electron chi connectivity index (χ4n) is 4.00. The quantitative estimate of drug-likeness (QED) is 0.503. The summed E-state index contributed by atoms with van der Waals surface area (Å²) >= 11 is 7.49. The molecule has 8 nitrogen and oxygen atoms in total. The van der Waals surface area contributed by atoms with Crippen LogP contribution in [0, 0.1) is 0 Å². The zero-order chi connectivity index (χ0) is 24.4. The summed E-state index contributed by atoms with van der Waals surface area (Å²) in [5.41, 5.74) is 1.94. The molecule has 0 bridgehead atoms. The average Bonchev–Trinajstić information content (AvgIpc) is 3.60. The highest BCUT2D eigenvalue weighted by Gasteiger charge is 2.29. The Kier molecular flexibility index (Phi) is 6.97. The number of rotatable bonds is 7. The number of hydrogen-bond acceptors (Lipinski definition) is 7. The molecule has 0 atom stereocenters. The lowest BCUT2D eigenvalue weighted by Gasteiger charge is -2.31. The van der Waals surface area contributed by atoms with Crippen molar-refractivity contribution < 1.29 is 14.3 Å². The van der Waals surface area contributed by atoms with Gasteiger partial charge in [-0.1, -0.05) is 35.1 Å². The van der Waals surface area contributed by atoms with Gasteiger partial charge in [-0.3, -0.25) is 14.6 Å². The van der Waals surface area contributed by atoms with Crippen LogP contribution in [0.15, 0.2) is 36.5 Å². The van der Waals surface area contributed by atoms with Crippen LogP contribution in [-0.2, 0) is 11.3 Å². The summed E-state index contributed by atoms with van der Waals surface area (Å²) in [4.78, 5) is 30.8. The minimum Gasteiger partial charge on any atom is -0.489 e. The van der Waals surface area contributed by atoms with Gasteiger partial charge in [0.15, 0.2) is 5.01 Å². The number of likely N-dealkylation sites (tertiary alicyclic amines) is 1. The Morgan fingerprint density at radius 3 is 2.57 bits per heavy atom. The van der Waals surface area contributed by atoms with Crippen molar-refractivity contribution in [3.8, 4) is 16.3 Å². The normalized spacial score (nSPS) is 16.2. The van der Waals surface area contributed by atoms with Gasteiger partial charge in [-0.15, -0.1) is 10.2 Å². The smallest absolute Gasteiger partial charge is 0.270 e. The number of hydrogen-bond donors (Lipinski definition) is 1. The van der Waals surface area contributed by atoms with Crippen LogP contribution >= 0.6 is 22.9 Å². The fourth-order valence-corrected chi connectivity index (χ4v) is 5.15. The van der Waals surface area contributed by atoms with Crippen molar-refractivity contribution >= 4 is 34.8 Å². The van der Waals surface area contributed by atoms with Crippen LogP contribution in [0.2, 0.25) is 5.02 Å². The number of aromatic nitrogens is 3. The third-order valence-electron chi connectivity index (χ3n) is 6.24. The van der Waals surface area contributed by atoms with Gasteiger partial charge in [0.1, 0.15) is 22.6 Å². The molecular weight excluding hydrogens is 486 g/mol.